The van der Waals surface area contributed by atoms with E-state index in [0.717, 1.165) is 0 Å². The summed E-state index contributed by atoms with van der Waals surface area (Å²) in [6.07, 6.45) is 0.415. The molecule has 0 heterocycles. The zero-order valence-corrected chi connectivity index (χ0v) is 19.8. The van der Waals surface area contributed by atoms with E-state index in [-0.39, 0.29) is 17.0 Å². The lowest BCUT2D eigenvalue weighted by Crippen LogP contribution is -2.37. The molecule has 1 atom stereocenters. The third kappa shape index (κ3) is 5.52. The molecule has 0 saturated heterocycles. The lowest BCUT2D eigenvalue weighted by molar-refractivity contribution is -0.126. The zero-order valence-electron chi connectivity index (χ0n) is 19.0. The Morgan fingerprint density at radius 2 is 1.53 bits per heavy atom. The molecular formula is C26H26N2O5S. The molecule has 0 aliphatic rings. The SMILES string of the molecule is C=CCN(c1ccccc1)S(=O)(=O)c1cccc(C(=O)OC(C)C(=O)N(C)c2ccccc2)c1. The molecule has 3 aromatic carbocycles. The highest BCUT2D eigenvalue weighted by Gasteiger charge is 2.27. The fraction of sp³-hybridized carbons (Fsp3) is 0.154. The summed E-state index contributed by atoms with van der Waals surface area (Å²) in [6, 6.07) is 23.1. The monoisotopic (exact) mass is 478 g/mol. The number of carbonyl (C=O) groups is 2. The molecule has 1 unspecified atom stereocenters. The van der Waals surface area contributed by atoms with E-state index < -0.39 is 28.0 Å². The minimum atomic E-state index is -3.99. The highest BCUT2D eigenvalue weighted by atomic mass is 32.2. The van der Waals surface area contributed by atoms with E-state index in [1.165, 1.54) is 46.5 Å². The molecule has 3 aromatic rings. The third-order valence-electron chi connectivity index (χ3n) is 5.10. The van der Waals surface area contributed by atoms with Gasteiger partial charge >= 0.3 is 5.97 Å². The van der Waals surface area contributed by atoms with Gasteiger partial charge in [-0.1, -0.05) is 48.5 Å². The van der Waals surface area contributed by atoms with Gasteiger partial charge in [0.05, 0.1) is 22.7 Å². The summed E-state index contributed by atoms with van der Waals surface area (Å²) in [4.78, 5) is 26.8. The van der Waals surface area contributed by atoms with Gasteiger partial charge in [-0.3, -0.25) is 9.10 Å². The number of benzene rings is 3. The molecule has 0 saturated carbocycles. The van der Waals surface area contributed by atoms with Gasteiger partial charge in [0.25, 0.3) is 15.9 Å². The van der Waals surface area contributed by atoms with Crippen LogP contribution in [0.15, 0.2) is 102 Å². The van der Waals surface area contributed by atoms with Crippen molar-refractivity contribution in [3.05, 3.63) is 103 Å². The molecular weight excluding hydrogens is 452 g/mol. The Morgan fingerprint density at radius 3 is 2.12 bits per heavy atom. The van der Waals surface area contributed by atoms with Crippen molar-refractivity contribution in [2.24, 2.45) is 0 Å². The van der Waals surface area contributed by atoms with E-state index in [9.17, 15) is 18.0 Å². The first-order valence-electron chi connectivity index (χ1n) is 10.6. The number of para-hydroxylation sites is 2. The maximum atomic E-state index is 13.3. The Hall–Kier alpha value is -3.91. The summed E-state index contributed by atoms with van der Waals surface area (Å²) < 4.78 is 33.2. The zero-order chi connectivity index (χ0) is 24.7. The molecule has 34 heavy (non-hydrogen) atoms. The Labute approximate surface area is 199 Å². The quantitative estimate of drug-likeness (QED) is 0.339. The van der Waals surface area contributed by atoms with Crippen LogP contribution in [0.25, 0.3) is 0 Å². The summed E-state index contributed by atoms with van der Waals surface area (Å²) in [7, 11) is -2.40. The van der Waals surface area contributed by atoms with Crippen LogP contribution in [0.1, 0.15) is 17.3 Å². The number of hydrogen-bond donors (Lipinski definition) is 0. The first kappa shape index (κ1) is 24.7. The van der Waals surface area contributed by atoms with Gasteiger partial charge in [0.2, 0.25) is 0 Å². The lowest BCUT2D eigenvalue weighted by Gasteiger charge is -2.23. The van der Waals surface area contributed by atoms with E-state index in [2.05, 4.69) is 6.58 Å². The van der Waals surface area contributed by atoms with Crippen LogP contribution in [0.2, 0.25) is 0 Å². The number of rotatable bonds is 9. The summed E-state index contributed by atoms with van der Waals surface area (Å²) in [5.41, 5.74) is 1.15. The Bertz CT molecular complexity index is 1260. The van der Waals surface area contributed by atoms with Crippen molar-refractivity contribution >= 4 is 33.3 Å². The first-order chi connectivity index (χ1) is 16.3. The molecule has 7 nitrogen and oxygen atoms in total. The number of likely N-dealkylation sites (N-methyl/N-ethyl adjacent to an activating group) is 1. The van der Waals surface area contributed by atoms with Gasteiger partial charge in [0.1, 0.15) is 0 Å². The number of sulfonamides is 1. The number of ether oxygens (including phenoxy) is 1. The maximum absolute atomic E-state index is 13.3. The second-order valence-corrected chi connectivity index (χ2v) is 9.33. The average molecular weight is 479 g/mol. The van der Waals surface area contributed by atoms with Gasteiger partial charge in [-0.15, -0.1) is 6.58 Å². The van der Waals surface area contributed by atoms with Crippen molar-refractivity contribution in [2.75, 3.05) is 22.8 Å². The topological polar surface area (TPSA) is 84.0 Å². The molecule has 0 aliphatic carbocycles. The van der Waals surface area contributed by atoms with Gasteiger partial charge in [0.15, 0.2) is 6.10 Å². The number of amides is 1. The molecule has 0 aliphatic heterocycles. The maximum Gasteiger partial charge on any atom is 0.338 e. The van der Waals surface area contributed by atoms with Crippen LogP contribution in [0.4, 0.5) is 11.4 Å². The van der Waals surface area contributed by atoms with E-state index in [1.54, 1.807) is 61.6 Å². The summed E-state index contributed by atoms with van der Waals surface area (Å²) in [6.45, 7) is 5.18. The predicted octanol–water partition coefficient (Wildman–Crippen LogP) is 4.28. The van der Waals surface area contributed by atoms with Crippen LogP contribution < -0.4 is 9.21 Å². The largest absolute Gasteiger partial charge is 0.449 e. The molecule has 1 amide bonds. The van der Waals surface area contributed by atoms with Crippen LogP contribution in [0.5, 0.6) is 0 Å². The lowest BCUT2D eigenvalue weighted by atomic mass is 10.2. The summed E-state index contributed by atoms with van der Waals surface area (Å²) in [5, 5.41) is 0. The molecule has 3 rings (SSSR count). The van der Waals surface area contributed by atoms with Crippen LogP contribution in [0, 0.1) is 0 Å². The van der Waals surface area contributed by atoms with Crippen LogP contribution in [-0.2, 0) is 19.6 Å². The van der Waals surface area contributed by atoms with Gasteiger partial charge in [0, 0.05) is 12.7 Å². The van der Waals surface area contributed by atoms with Crippen molar-refractivity contribution in [3.8, 4) is 0 Å². The molecule has 0 N–H and O–H groups in total. The smallest absolute Gasteiger partial charge is 0.338 e. The number of anilines is 2. The Morgan fingerprint density at radius 1 is 0.941 bits per heavy atom. The molecule has 0 fully saturated rings. The summed E-state index contributed by atoms with van der Waals surface area (Å²) in [5.74, 6) is -1.21. The predicted molar refractivity (Wildman–Crippen MR) is 132 cm³/mol. The van der Waals surface area contributed by atoms with Crippen molar-refractivity contribution in [1.82, 2.24) is 0 Å². The summed E-state index contributed by atoms with van der Waals surface area (Å²) >= 11 is 0. The minimum absolute atomic E-state index is 0.0229. The van der Waals surface area contributed by atoms with Crippen LogP contribution in [0.3, 0.4) is 0 Å². The van der Waals surface area contributed by atoms with E-state index in [1.807, 2.05) is 6.07 Å². The Balaban J connectivity index is 1.80. The first-order valence-corrected chi connectivity index (χ1v) is 12.0. The highest BCUT2D eigenvalue weighted by molar-refractivity contribution is 7.92. The van der Waals surface area contributed by atoms with Crippen molar-refractivity contribution < 1.29 is 22.7 Å². The fourth-order valence-electron chi connectivity index (χ4n) is 3.30. The number of carbonyl (C=O) groups excluding carboxylic acids is 2. The third-order valence-corrected chi connectivity index (χ3v) is 6.89. The van der Waals surface area contributed by atoms with Crippen LogP contribution in [-0.4, -0.2) is 40.0 Å². The molecule has 0 radical (unpaired) electrons. The molecule has 8 heteroatoms. The van der Waals surface area contributed by atoms with Gasteiger partial charge in [-0.25, -0.2) is 13.2 Å². The molecule has 0 aromatic heterocycles. The van der Waals surface area contributed by atoms with Gasteiger partial charge in [-0.05, 0) is 49.4 Å². The van der Waals surface area contributed by atoms with E-state index in [4.69, 9.17) is 4.74 Å². The second kappa shape index (κ2) is 10.8. The van der Waals surface area contributed by atoms with Crippen molar-refractivity contribution in [2.45, 2.75) is 17.9 Å². The molecule has 176 valence electrons. The molecule has 0 bridgehead atoms. The second-order valence-electron chi connectivity index (χ2n) is 7.47. The number of nitrogens with zero attached hydrogens (tertiary/aromatic N) is 2. The van der Waals surface area contributed by atoms with Crippen molar-refractivity contribution in [3.63, 3.8) is 0 Å². The van der Waals surface area contributed by atoms with Crippen LogP contribution >= 0.6 is 0 Å². The standard InChI is InChI=1S/C26H26N2O5S/c1-4-18-28(23-15-9-6-10-16-23)34(31,32)24-17-11-12-21(19-24)26(30)33-20(2)25(29)27(3)22-13-7-5-8-14-22/h4-17,19-20H,1,18H2,2-3H3. The number of hydrogen-bond acceptors (Lipinski definition) is 5. The molecule has 0 spiro atoms. The Kier molecular flexibility index (Phi) is 7.86. The fourth-order valence-corrected chi connectivity index (χ4v) is 4.78. The average Bonchev–Trinajstić information content (AvgIpc) is 2.87. The van der Waals surface area contributed by atoms with E-state index in [0.29, 0.717) is 11.4 Å². The van der Waals surface area contributed by atoms with E-state index >= 15 is 0 Å². The minimum Gasteiger partial charge on any atom is -0.449 e. The highest BCUT2D eigenvalue weighted by Crippen LogP contribution is 2.24. The van der Waals surface area contributed by atoms with Crippen molar-refractivity contribution in [1.29, 1.82) is 0 Å². The normalized spacial score (nSPS) is 11.8. The van der Waals surface area contributed by atoms with Gasteiger partial charge in [-0.2, -0.15) is 0 Å². The van der Waals surface area contributed by atoms with Gasteiger partial charge < -0.3 is 9.64 Å². The number of esters is 1.